The Kier molecular flexibility index (Phi) is 6.83. The normalized spacial score (nSPS) is 12.7. The van der Waals surface area contributed by atoms with Crippen LogP contribution in [0.2, 0.25) is 0 Å². The van der Waals surface area contributed by atoms with Gasteiger partial charge in [-0.3, -0.25) is 4.57 Å². The summed E-state index contributed by atoms with van der Waals surface area (Å²) >= 11 is 6.65. The molecule has 0 fully saturated rings. The molecule has 0 bridgehead atoms. The van der Waals surface area contributed by atoms with Crippen molar-refractivity contribution in [2.45, 2.75) is 38.3 Å². The molecule has 9 heteroatoms. The van der Waals surface area contributed by atoms with Crippen LogP contribution in [-0.2, 0) is 16.6 Å². The number of sulfonamides is 1. The van der Waals surface area contributed by atoms with E-state index in [1.165, 1.54) is 0 Å². The molecular weight excluding hydrogens is 522 g/mol. The van der Waals surface area contributed by atoms with E-state index in [2.05, 4.69) is 41.6 Å². The van der Waals surface area contributed by atoms with Gasteiger partial charge in [0, 0.05) is 15.5 Å². The Balaban J connectivity index is 1.84. The highest BCUT2D eigenvalue weighted by atomic mass is 79.9. The van der Waals surface area contributed by atoms with Gasteiger partial charge in [0.1, 0.15) is 5.75 Å². The Morgan fingerprint density at radius 3 is 2.48 bits per heavy atom. The summed E-state index contributed by atoms with van der Waals surface area (Å²) in [6, 6.07) is 12.5. The molecule has 0 radical (unpaired) electrons. The fourth-order valence-electron chi connectivity index (χ4n) is 2.88. The van der Waals surface area contributed by atoms with Crippen LogP contribution in [0.25, 0.3) is 0 Å². The van der Waals surface area contributed by atoms with Crippen LogP contribution in [0.3, 0.4) is 0 Å². The second-order valence-electron chi connectivity index (χ2n) is 6.54. The van der Waals surface area contributed by atoms with Gasteiger partial charge in [0.05, 0.1) is 22.8 Å². The number of aryl methyl sites for hydroxylation is 1. The fraction of sp³-hybridized carbons (Fsp3) is 0.250. The van der Waals surface area contributed by atoms with Gasteiger partial charge < -0.3 is 4.74 Å². The highest BCUT2D eigenvalue weighted by Gasteiger charge is 2.24. The van der Waals surface area contributed by atoms with E-state index in [1.807, 2.05) is 42.7 Å². The lowest BCUT2D eigenvalue weighted by atomic mass is 10.2. The number of aromatic nitrogens is 2. The molecule has 2 aromatic carbocycles. The molecule has 6 nitrogen and oxygen atoms in total. The first-order valence-corrected chi connectivity index (χ1v) is 12.1. The lowest BCUT2D eigenvalue weighted by molar-refractivity contribution is 0.408. The highest BCUT2D eigenvalue weighted by molar-refractivity contribution is 9.11. The maximum atomic E-state index is 12.9. The molecule has 0 saturated carbocycles. The minimum Gasteiger partial charge on any atom is -0.426 e. The molecule has 0 aliphatic carbocycles. The second-order valence-corrected chi connectivity index (χ2v) is 10.00. The number of halogens is 2. The van der Waals surface area contributed by atoms with E-state index in [9.17, 15) is 8.42 Å². The quantitative estimate of drug-likeness (QED) is 0.423. The zero-order valence-electron chi connectivity index (χ0n) is 16.2. The number of hydrogen-bond donors (Lipinski definition) is 1. The van der Waals surface area contributed by atoms with Crippen LogP contribution in [0.1, 0.15) is 31.1 Å². The average molecular weight is 543 g/mol. The number of rotatable bonds is 7. The van der Waals surface area contributed by atoms with Crippen molar-refractivity contribution in [1.82, 2.24) is 14.3 Å². The molecule has 0 aliphatic rings. The second kappa shape index (κ2) is 8.99. The molecule has 0 saturated heterocycles. The smallest absolute Gasteiger partial charge is 0.302 e. The van der Waals surface area contributed by atoms with Gasteiger partial charge in [-0.2, -0.15) is 0 Å². The molecule has 1 N–H and O–H groups in total. The van der Waals surface area contributed by atoms with Gasteiger partial charge in [0.2, 0.25) is 10.0 Å². The van der Waals surface area contributed by atoms with Crippen LogP contribution < -0.4 is 9.46 Å². The summed E-state index contributed by atoms with van der Waals surface area (Å²) in [6.07, 6.45) is 1.64. The summed E-state index contributed by atoms with van der Waals surface area (Å²) in [6.45, 7) is 6.33. The van der Waals surface area contributed by atoms with Gasteiger partial charge >= 0.3 is 6.01 Å². The molecular formula is C20H21Br2N3O3S. The SMILES string of the molecule is CCn1c(C(C)NS(=O)(=O)c2ccc(Br)cc2Br)cnc1Oc1ccc(C)cc1. The predicted molar refractivity (Wildman–Crippen MR) is 120 cm³/mol. The lowest BCUT2D eigenvalue weighted by Crippen LogP contribution is -2.28. The van der Waals surface area contributed by atoms with Crippen molar-refractivity contribution >= 4 is 41.9 Å². The fourth-order valence-corrected chi connectivity index (χ4v) is 5.84. The van der Waals surface area contributed by atoms with Gasteiger partial charge in [0.15, 0.2) is 0 Å². The third kappa shape index (κ3) is 5.09. The van der Waals surface area contributed by atoms with Crippen molar-refractivity contribution in [1.29, 1.82) is 0 Å². The Bertz CT molecular complexity index is 1110. The number of ether oxygens (including phenoxy) is 1. The van der Waals surface area contributed by atoms with Gasteiger partial charge in [-0.25, -0.2) is 18.1 Å². The number of nitrogens with zero attached hydrogens (tertiary/aromatic N) is 2. The molecule has 1 heterocycles. The molecule has 0 spiro atoms. The van der Waals surface area contributed by atoms with E-state index in [0.717, 1.165) is 10.0 Å². The number of benzene rings is 2. The Labute approximate surface area is 187 Å². The van der Waals surface area contributed by atoms with Crippen LogP contribution in [0.5, 0.6) is 11.8 Å². The van der Waals surface area contributed by atoms with Gasteiger partial charge in [-0.1, -0.05) is 33.6 Å². The summed E-state index contributed by atoms with van der Waals surface area (Å²) in [4.78, 5) is 4.52. The topological polar surface area (TPSA) is 73.2 Å². The van der Waals surface area contributed by atoms with Crippen LogP contribution in [-0.4, -0.2) is 18.0 Å². The van der Waals surface area contributed by atoms with Crippen LogP contribution in [0, 0.1) is 6.92 Å². The maximum Gasteiger partial charge on any atom is 0.302 e. The van der Waals surface area contributed by atoms with Crippen LogP contribution >= 0.6 is 31.9 Å². The summed E-state index contributed by atoms with van der Waals surface area (Å²) in [7, 11) is -3.73. The third-order valence-electron chi connectivity index (χ3n) is 4.36. The lowest BCUT2D eigenvalue weighted by Gasteiger charge is -2.17. The number of imidazole rings is 1. The van der Waals surface area contributed by atoms with Gasteiger partial charge in [0.25, 0.3) is 0 Å². The predicted octanol–water partition coefficient (Wildman–Crippen LogP) is 5.57. The van der Waals surface area contributed by atoms with Crippen molar-refractivity contribution in [2.24, 2.45) is 0 Å². The monoisotopic (exact) mass is 541 g/mol. The van der Waals surface area contributed by atoms with Crippen molar-refractivity contribution < 1.29 is 13.2 Å². The molecule has 3 aromatic rings. The first kappa shape index (κ1) is 22.0. The first-order valence-electron chi connectivity index (χ1n) is 8.98. The first-order chi connectivity index (χ1) is 13.7. The largest absolute Gasteiger partial charge is 0.426 e. The summed E-state index contributed by atoms with van der Waals surface area (Å²) < 4.78 is 37.5. The molecule has 1 aromatic heterocycles. The Morgan fingerprint density at radius 2 is 1.86 bits per heavy atom. The number of nitrogens with one attached hydrogen (secondary N) is 1. The van der Waals surface area contributed by atoms with Crippen LogP contribution in [0.4, 0.5) is 0 Å². The molecule has 154 valence electrons. The van der Waals surface area contributed by atoms with E-state index in [1.54, 1.807) is 31.3 Å². The van der Waals surface area contributed by atoms with Crippen molar-refractivity contribution in [3.8, 4) is 11.8 Å². The van der Waals surface area contributed by atoms with E-state index < -0.39 is 16.1 Å². The van der Waals surface area contributed by atoms with Crippen LogP contribution in [0.15, 0.2) is 62.5 Å². The van der Waals surface area contributed by atoms with Gasteiger partial charge in [-0.05, 0) is 67.0 Å². The summed E-state index contributed by atoms with van der Waals surface area (Å²) in [5, 5.41) is 0. The molecule has 3 rings (SSSR count). The zero-order chi connectivity index (χ0) is 21.2. The molecule has 1 atom stereocenters. The van der Waals surface area contributed by atoms with Crippen molar-refractivity contribution in [3.05, 3.63) is 68.9 Å². The molecule has 0 amide bonds. The van der Waals surface area contributed by atoms with E-state index in [0.29, 0.717) is 28.5 Å². The Morgan fingerprint density at radius 1 is 1.17 bits per heavy atom. The molecule has 0 aliphatic heterocycles. The van der Waals surface area contributed by atoms with E-state index in [4.69, 9.17) is 4.74 Å². The molecule has 1 unspecified atom stereocenters. The third-order valence-corrected chi connectivity index (χ3v) is 7.37. The maximum absolute atomic E-state index is 12.9. The van der Waals surface area contributed by atoms with E-state index in [-0.39, 0.29) is 4.90 Å². The highest BCUT2D eigenvalue weighted by Crippen LogP contribution is 2.29. The molecule has 29 heavy (non-hydrogen) atoms. The van der Waals surface area contributed by atoms with Crippen molar-refractivity contribution in [2.75, 3.05) is 0 Å². The average Bonchev–Trinajstić information content (AvgIpc) is 3.05. The summed E-state index contributed by atoms with van der Waals surface area (Å²) in [5.74, 6) is 0.675. The summed E-state index contributed by atoms with van der Waals surface area (Å²) in [5.41, 5.74) is 1.85. The zero-order valence-corrected chi connectivity index (χ0v) is 20.2. The van der Waals surface area contributed by atoms with Gasteiger partial charge in [-0.15, -0.1) is 0 Å². The standard InChI is InChI=1S/C20H21Br2N3O3S/c1-4-25-18(12-23-20(25)28-16-8-5-13(2)6-9-16)14(3)24-29(26,27)19-10-7-15(21)11-17(19)22/h5-12,14,24H,4H2,1-3H3. The minimum atomic E-state index is -3.73. The number of hydrogen-bond acceptors (Lipinski definition) is 4. The van der Waals surface area contributed by atoms with Crippen molar-refractivity contribution in [3.63, 3.8) is 0 Å². The van der Waals surface area contributed by atoms with E-state index >= 15 is 0 Å². The Hall–Kier alpha value is -1.68. The minimum absolute atomic E-state index is 0.172.